The predicted molar refractivity (Wildman–Crippen MR) is 102 cm³/mol. The third kappa shape index (κ3) is 6.23. The molecule has 28 heavy (non-hydrogen) atoms. The van der Waals surface area contributed by atoms with Crippen molar-refractivity contribution in [2.75, 3.05) is 25.5 Å². The Morgan fingerprint density at radius 1 is 1.25 bits per heavy atom. The van der Waals surface area contributed by atoms with Crippen LogP contribution in [0.15, 0.2) is 41.4 Å². The number of benzene rings is 1. The quantitative estimate of drug-likeness (QED) is 0.279. The van der Waals surface area contributed by atoms with E-state index in [2.05, 4.69) is 0 Å². The van der Waals surface area contributed by atoms with E-state index in [9.17, 15) is 24.5 Å². The van der Waals surface area contributed by atoms with Gasteiger partial charge in [-0.05, 0) is 30.7 Å². The molecule has 1 amide bonds. The average molecular weight is 406 g/mol. The van der Waals surface area contributed by atoms with Gasteiger partial charge in [0.05, 0.1) is 34.9 Å². The van der Waals surface area contributed by atoms with Crippen LogP contribution in [0.3, 0.4) is 0 Å². The number of non-ortho nitro benzene ring substituents is 1. The number of hydrogen-bond donors (Lipinski definition) is 0. The van der Waals surface area contributed by atoms with Gasteiger partial charge in [-0.15, -0.1) is 0 Å². The zero-order valence-electron chi connectivity index (χ0n) is 15.0. The van der Waals surface area contributed by atoms with Gasteiger partial charge < -0.3 is 14.4 Å². The molecule has 2 rings (SSSR count). The highest BCUT2D eigenvalue weighted by Gasteiger charge is 2.27. The highest BCUT2D eigenvalue weighted by Crippen LogP contribution is 2.28. The lowest BCUT2D eigenvalue weighted by atomic mass is 10.2. The van der Waals surface area contributed by atoms with E-state index in [1.807, 2.05) is 0 Å². The molecule has 1 saturated heterocycles. The Kier molecular flexibility index (Phi) is 7.76. The molecular formula is C18H18N2O7S. The number of hydrogen-bond acceptors (Lipinski definition) is 8. The van der Waals surface area contributed by atoms with E-state index in [0.717, 1.165) is 0 Å². The molecule has 0 N–H and O–H groups in total. The summed E-state index contributed by atoms with van der Waals surface area (Å²) in [4.78, 5) is 46.7. The zero-order valence-corrected chi connectivity index (χ0v) is 15.8. The highest BCUT2D eigenvalue weighted by molar-refractivity contribution is 8.04. The number of carbonyl (C=O) groups excluding carboxylic acids is 3. The van der Waals surface area contributed by atoms with Crippen LogP contribution in [-0.2, 0) is 23.9 Å². The monoisotopic (exact) mass is 406 g/mol. The van der Waals surface area contributed by atoms with Gasteiger partial charge in [0.1, 0.15) is 6.61 Å². The second kappa shape index (κ2) is 10.3. The van der Waals surface area contributed by atoms with Crippen molar-refractivity contribution in [3.63, 3.8) is 0 Å². The third-order valence-electron chi connectivity index (χ3n) is 3.51. The minimum Gasteiger partial charge on any atom is -0.463 e. The molecule has 1 aliphatic heterocycles. The van der Waals surface area contributed by atoms with Gasteiger partial charge in [0.2, 0.25) is 5.91 Å². The van der Waals surface area contributed by atoms with Crippen molar-refractivity contribution in [1.29, 1.82) is 0 Å². The molecule has 0 bridgehead atoms. The topological polar surface area (TPSA) is 116 Å². The van der Waals surface area contributed by atoms with Gasteiger partial charge in [-0.2, -0.15) is 0 Å². The Bertz CT molecular complexity index is 818. The maximum Gasteiger partial charge on any atom is 0.333 e. The first-order chi connectivity index (χ1) is 13.4. The number of amides is 1. The van der Waals surface area contributed by atoms with Crippen LogP contribution in [0.5, 0.6) is 0 Å². The lowest BCUT2D eigenvalue weighted by Gasteiger charge is -2.16. The van der Waals surface area contributed by atoms with Crippen molar-refractivity contribution in [3.05, 3.63) is 57.1 Å². The molecule has 0 radical (unpaired) electrons. The molecule has 1 aromatic rings. The summed E-state index contributed by atoms with van der Waals surface area (Å²) in [5.74, 6) is -1.13. The molecule has 1 aliphatic rings. The first kappa shape index (κ1) is 21.2. The van der Waals surface area contributed by atoms with Gasteiger partial charge >= 0.3 is 11.9 Å². The first-order valence-electron chi connectivity index (χ1n) is 8.31. The van der Waals surface area contributed by atoms with Crippen LogP contribution in [0.4, 0.5) is 5.69 Å². The number of nitro groups is 1. The largest absolute Gasteiger partial charge is 0.463 e. The Labute approximate surface area is 165 Å². The maximum atomic E-state index is 11.9. The number of rotatable bonds is 8. The molecule has 0 spiro atoms. The van der Waals surface area contributed by atoms with E-state index in [-0.39, 0.29) is 37.1 Å². The Balaban J connectivity index is 1.84. The van der Waals surface area contributed by atoms with E-state index in [1.54, 1.807) is 6.92 Å². The Hall–Kier alpha value is -3.14. The molecule has 0 saturated carbocycles. The van der Waals surface area contributed by atoms with Gasteiger partial charge in [-0.1, -0.05) is 11.8 Å². The van der Waals surface area contributed by atoms with Gasteiger partial charge in [0.25, 0.3) is 5.69 Å². The number of carbonyl (C=O) groups is 3. The summed E-state index contributed by atoms with van der Waals surface area (Å²) in [7, 11) is 0. The van der Waals surface area contributed by atoms with Crippen LogP contribution >= 0.6 is 11.8 Å². The summed E-state index contributed by atoms with van der Waals surface area (Å²) in [6.45, 7) is 1.99. The summed E-state index contributed by atoms with van der Waals surface area (Å²) in [5.41, 5.74) is 0.563. The predicted octanol–water partition coefficient (Wildman–Crippen LogP) is 2.13. The molecule has 1 fully saturated rings. The molecule has 9 nitrogen and oxygen atoms in total. The van der Waals surface area contributed by atoms with Crippen LogP contribution in [0, 0.1) is 10.1 Å². The molecular weight excluding hydrogens is 388 g/mol. The number of nitro benzene ring substituents is 1. The second-order valence-corrected chi connectivity index (χ2v) is 6.41. The fraction of sp³-hybridized carbons (Fsp3) is 0.278. The average Bonchev–Trinajstić information content (AvgIpc) is 3.00. The van der Waals surface area contributed by atoms with Crippen molar-refractivity contribution in [1.82, 2.24) is 4.90 Å². The maximum absolute atomic E-state index is 11.9. The van der Waals surface area contributed by atoms with Crippen molar-refractivity contribution in [3.8, 4) is 0 Å². The van der Waals surface area contributed by atoms with Crippen molar-refractivity contribution in [2.24, 2.45) is 0 Å². The fourth-order valence-electron chi connectivity index (χ4n) is 2.21. The van der Waals surface area contributed by atoms with E-state index in [1.165, 1.54) is 59.2 Å². The molecule has 1 aromatic carbocycles. The fourth-order valence-corrected chi connectivity index (χ4v) is 3.17. The van der Waals surface area contributed by atoms with E-state index >= 15 is 0 Å². The van der Waals surface area contributed by atoms with Gasteiger partial charge in [0.15, 0.2) is 0 Å². The first-order valence-corrected chi connectivity index (χ1v) is 9.30. The van der Waals surface area contributed by atoms with Crippen LogP contribution < -0.4 is 0 Å². The van der Waals surface area contributed by atoms with Crippen LogP contribution in [-0.4, -0.2) is 53.2 Å². The molecule has 0 aromatic heterocycles. The minimum atomic E-state index is -0.617. The summed E-state index contributed by atoms with van der Waals surface area (Å²) < 4.78 is 9.88. The summed E-state index contributed by atoms with van der Waals surface area (Å²) in [6, 6.07) is 5.68. The van der Waals surface area contributed by atoms with Crippen molar-refractivity contribution < 1.29 is 28.8 Å². The van der Waals surface area contributed by atoms with Gasteiger partial charge in [0, 0.05) is 18.2 Å². The lowest BCUT2D eigenvalue weighted by Crippen LogP contribution is -2.29. The van der Waals surface area contributed by atoms with Crippen molar-refractivity contribution in [2.45, 2.75) is 6.92 Å². The number of esters is 2. The van der Waals surface area contributed by atoms with Gasteiger partial charge in [-0.25, -0.2) is 9.59 Å². The van der Waals surface area contributed by atoms with E-state index in [4.69, 9.17) is 9.47 Å². The molecule has 10 heteroatoms. The van der Waals surface area contributed by atoms with Gasteiger partial charge in [-0.3, -0.25) is 14.9 Å². The normalized spacial score (nSPS) is 15.2. The van der Waals surface area contributed by atoms with Crippen LogP contribution in [0.2, 0.25) is 0 Å². The number of thioether (sulfide) groups is 1. The minimum absolute atomic E-state index is 0.0421. The molecule has 0 atom stereocenters. The summed E-state index contributed by atoms with van der Waals surface area (Å²) in [6.07, 6.45) is 3.90. The summed E-state index contributed by atoms with van der Waals surface area (Å²) in [5, 5.41) is 11.1. The lowest BCUT2D eigenvalue weighted by molar-refractivity contribution is -0.384. The van der Waals surface area contributed by atoms with Crippen LogP contribution in [0.25, 0.3) is 6.08 Å². The number of ether oxygens (including phenoxy) is 2. The highest BCUT2D eigenvalue weighted by atomic mass is 32.2. The van der Waals surface area contributed by atoms with E-state index < -0.39 is 16.9 Å². The SMILES string of the molecule is CCOC(=O)/C=C1\SCC(=O)N1CCOC(=O)/C=C/c1ccc([N+](=O)[O-])cc1. The van der Waals surface area contributed by atoms with Crippen molar-refractivity contribution >= 4 is 41.4 Å². The molecule has 0 aliphatic carbocycles. The summed E-state index contributed by atoms with van der Waals surface area (Å²) >= 11 is 1.22. The standard InChI is InChI=1S/C18H18N2O7S/c1-2-26-18(23)11-16-19(15(21)12-28-16)9-10-27-17(22)8-5-13-3-6-14(7-4-13)20(24)25/h3-8,11H,2,9-10,12H2,1H3/b8-5+,16-11-. The molecule has 148 valence electrons. The Morgan fingerprint density at radius 3 is 2.61 bits per heavy atom. The molecule has 1 heterocycles. The Morgan fingerprint density at radius 2 is 1.96 bits per heavy atom. The third-order valence-corrected chi connectivity index (χ3v) is 4.54. The second-order valence-electron chi connectivity index (χ2n) is 5.42. The zero-order chi connectivity index (χ0) is 20.5. The number of nitrogens with zero attached hydrogens (tertiary/aromatic N) is 2. The van der Waals surface area contributed by atoms with Crippen LogP contribution in [0.1, 0.15) is 12.5 Å². The smallest absolute Gasteiger partial charge is 0.333 e. The van der Waals surface area contributed by atoms with E-state index in [0.29, 0.717) is 10.6 Å². The molecule has 0 unspecified atom stereocenters.